The fraction of sp³-hybridized carbons (Fsp3) is 0.0154. The van der Waals surface area contributed by atoms with E-state index in [4.69, 9.17) is 0 Å². The van der Waals surface area contributed by atoms with Crippen LogP contribution in [0.3, 0.4) is 0 Å². The summed E-state index contributed by atoms with van der Waals surface area (Å²) in [6, 6.07) is 94.2. The molecule has 312 valence electrons. The molecular weight excluding hydrogens is 809 g/mol. The summed E-state index contributed by atoms with van der Waals surface area (Å²) < 4.78 is 2.52. The van der Waals surface area contributed by atoms with Gasteiger partial charge in [0.05, 0.1) is 27.8 Å². The molecule has 0 fully saturated rings. The summed E-state index contributed by atoms with van der Waals surface area (Å²) in [5.74, 6) is 0. The average molecular weight is 851 g/mol. The summed E-state index contributed by atoms with van der Waals surface area (Å²) in [6.45, 7) is 0. The molecule has 0 amide bonds. The van der Waals surface area contributed by atoms with E-state index in [1.807, 2.05) is 0 Å². The predicted octanol–water partition coefficient (Wildman–Crippen LogP) is 17.1. The number of nitrogens with zero attached hydrogens (tertiary/aromatic N) is 2. The van der Waals surface area contributed by atoms with E-state index in [1.54, 1.807) is 0 Å². The van der Waals surface area contributed by atoms with Gasteiger partial charge in [-0.15, -0.1) is 0 Å². The largest absolute Gasteiger partial charge is 0.310 e. The first kappa shape index (κ1) is 37.6. The van der Waals surface area contributed by atoms with Crippen LogP contribution >= 0.6 is 0 Å². The van der Waals surface area contributed by atoms with Crippen LogP contribution in [0.2, 0.25) is 0 Å². The highest BCUT2D eigenvalue weighted by molar-refractivity contribution is 6.13. The van der Waals surface area contributed by atoms with Crippen molar-refractivity contribution in [1.82, 2.24) is 4.57 Å². The molecule has 2 heterocycles. The molecule has 1 atom stereocenters. The van der Waals surface area contributed by atoms with Gasteiger partial charge < -0.3 is 9.47 Å². The molecule has 0 saturated heterocycles. The number of anilines is 3. The van der Waals surface area contributed by atoms with Crippen LogP contribution in [0.1, 0.15) is 22.3 Å². The fourth-order valence-electron chi connectivity index (χ4n) is 11.7. The zero-order valence-corrected chi connectivity index (χ0v) is 36.6. The van der Waals surface area contributed by atoms with Gasteiger partial charge in [0.2, 0.25) is 0 Å². The lowest BCUT2D eigenvalue weighted by Crippen LogP contribution is -2.33. The van der Waals surface area contributed by atoms with Gasteiger partial charge in [0.25, 0.3) is 0 Å². The molecule has 1 aliphatic heterocycles. The van der Waals surface area contributed by atoms with E-state index in [9.17, 15) is 0 Å². The summed E-state index contributed by atoms with van der Waals surface area (Å²) >= 11 is 0. The Kier molecular flexibility index (Phi) is 8.23. The number of aromatic nitrogens is 1. The van der Waals surface area contributed by atoms with Gasteiger partial charge in [-0.2, -0.15) is 0 Å². The summed E-state index contributed by atoms with van der Waals surface area (Å²) in [4.78, 5) is 2.40. The van der Waals surface area contributed by atoms with Crippen molar-refractivity contribution in [3.8, 4) is 50.2 Å². The minimum atomic E-state index is -0.491. The Morgan fingerprint density at radius 3 is 1.76 bits per heavy atom. The minimum absolute atomic E-state index is 0.491. The highest BCUT2D eigenvalue weighted by atomic mass is 15.1. The number of benzene rings is 11. The van der Waals surface area contributed by atoms with Crippen molar-refractivity contribution in [3.63, 3.8) is 0 Å². The first-order chi connectivity index (χ1) is 33.2. The Morgan fingerprint density at radius 1 is 0.313 bits per heavy atom. The number of rotatable bonds is 6. The molecule has 2 nitrogen and oxygen atoms in total. The van der Waals surface area contributed by atoms with Crippen LogP contribution in [-0.4, -0.2) is 4.57 Å². The van der Waals surface area contributed by atoms with E-state index < -0.39 is 5.41 Å². The summed E-state index contributed by atoms with van der Waals surface area (Å²) in [5, 5.41) is 4.98. The number of fused-ring (bicyclic) bond motifs is 13. The summed E-state index contributed by atoms with van der Waals surface area (Å²) in [6.07, 6.45) is 0. The lowest BCUT2D eigenvalue weighted by molar-refractivity contribution is 0.749. The van der Waals surface area contributed by atoms with Crippen molar-refractivity contribution in [2.45, 2.75) is 5.41 Å². The van der Waals surface area contributed by atoms with Gasteiger partial charge >= 0.3 is 0 Å². The second kappa shape index (κ2) is 14.7. The molecular formula is C65H42N2. The SMILES string of the molecule is c1ccc(-c2ccc(-c3ccccc3N(c3ccccc3)c3ccc4cc(-c5ccc6c(c5)C5(c7ccccc7-6)c6ccccc6-n6c7ccccc7c7cccc5c76)ccc4c3)cc2)cc1. The van der Waals surface area contributed by atoms with E-state index in [1.165, 1.54) is 105 Å². The van der Waals surface area contributed by atoms with Crippen LogP contribution in [-0.2, 0) is 5.41 Å². The summed E-state index contributed by atoms with van der Waals surface area (Å²) in [5.41, 5.74) is 21.8. The van der Waals surface area contributed by atoms with Crippen molar-refractivity contribution >= 4 is 49.6 Å². The number of hydrogen-bond donors (Lipinski definition) is 0. The average Bonchev–Trinajstić information content (AvgIpc) is 3.90. The van der Waals surface area contributed by atoms with E-state index in [2.05, 4.69) is 264 Å². The first-order valence-corrected chi connectivity index (χ1v) is 23.3. The van der Waals surface area contributed by atoms with Crippen LogP contribution in [0.4, 0.5) is 17.1 Å². The fourth-order valence-corrected chi connectivity index (χ4v) is 11.7. The first-order valence-electron chi connectivity index (χ1n) is 23.3. The molecule has 0 N–H and O–H groups in total. The van der Waals surface area contributed by atoms with Crippen molar-refractivity contribution < 1.29 is 0 Å². The molecule has 12 aromatic rings. The molecule has 1 spiro atoms. The quantitative estimate of drug-likeness (QED) is 0.162. The van der Waals surface area contributed by atoms with Gasteiger partial charge in [-0.1, -0.05) is 200 Å². The Balaban J connectivity index is 0.897. The lowest BCUT2D eigenvalue weighted by Gasteiger charge is -2.39. The highest BCUT2D eigenvalue weighted by Crippen LogP contribution is 2.61. The minimum Gasteiger partial charge on any atom is -0.310 e. The third-order valence-corrected chi connectivity index (χ3v) is 14.6. The molecule has 14 rings (SSSR count). The van der Waals surface area contributed by atoms with Crippen LogP contribution < -0.4 is 4.90 Å². The third kappa shape index (κ3) is 5.51. The van der Waals surface area contributed by atoms with Crippen molar-refractivity contribution in [2.75, 3.05) is 4.90 Å². The van der Waals surface area contributed by atoms with E-state index in [0.717, 1.165) is 17.1 Å². The molecule has 0 bridgehead atoms. The topological polar surface area (TPSA) is 8.17 Å². The molecule has 11 aromatic carbocycles. The van der Waals surface area contributed by atoms with Crippen LogP contribution in [0, 0.1) is 0 Å². The zero-order chi connectivity index (χ0) is 44.1. The molecule has 1 aliphatic carbocycles. The van der Waals surface area contributed by atoms with Gasteiger partial charge in [-0.25, -0.2) is 0 Å². The maximum atomic E-state index is 2.52. The van der Waals surface area contributed by atoms with Crippen molar-refractivity contribution in [3.05, 3.63) is 277 Å². The Morgan fingerprint density at radius 2 is 0.896 bits per heavy atom. The van der Waals surface area contributed by atoms with Crippen molar-refractivity contribution in [1.29, 1.82) is 0 Å². The monoisotopic (exact) mass is 850 g/mol. The molecule has 67 heavy (non-hydrogen) atoms. The maximum Gasteiger partial charge on any atom is 0.0754 e. The zero-order valence-electron chi connectivity index (χ0n) is 36.6. The van der Waals surface area contributed by atoms with E-state index >= 15 is 0 Å². The smallest absolute Gasteiger partial charge is 0.0754 e. The predicted molar refractivity (Wildman–Crippen MR) is 280 cm³/mol. The van der Waals surface area contributed by atoms with Crippen LogP contribution in [0.25, 0.3) is 82.8 Å². The van der Waals surface area contributed by atoms with Gasteiger partial charge in [0.1, 0.15) is 0 Å². The van der Waals surface area contributed by atoms with Gasteiger partial charge in [-0.05, 0) is 127 Å². The number of para-hydroxylation sites is 5. The second-order valence-corrected chi connectivity index (χ2v) is 18.0. The van der Waals surface area contributed by atoms with E-state index in [0.29, 0.717) is 0 Å². The molecule has 0 saturated carbocycles. The molecule has 1 aromatic heterocycles. The Labute approximate surface area is 389 Å². The number of hydrogen-bond acceptors (Lipinski definition) is 1. The molecule has 2 aliphatic rings. The summed E-state index contributed by atoms with van der Waals surface area (Å²) in [7, 11) is 0. The molecule has 1 unspecified atom stereocenters. The normalized spacial score (nSPS) is 14.3. The van der Waals surface area contributed by atoms with Gasteiger partial charge in [-0.3, -0.25) is 0 Å². The van der Waals surface area contributed by atoms with Crippen molar-refractivity contribution in [2.24, 2.45) is 0 Å². The third-order valence-electron chi connectivity index (χ3n) is 14.6. The second-order valence-electron chi connectivity index (χ2n) is 18.0. The van der Waals surface area contributed by atoms with Gasteiger partial charge in [0.15, 0.2) is 0 Å². The maximum absolute atomic E-state index is 2.52. The molecule has 0 radical (unpaired) electrons. The van der Waals surface area contributed by atoms with E-state index in [-0.39, 0.29) is 0 Å². The lowest BCUT2D eigenvalue weighted by atomic mass is 9.65. The Bertz CT molecular complexity index is 3920. The van der Waals surface area contributed by atoms with Gasteiger partial charge in [0, 0.05) is 27.7 Å². The molecule has 2 heteroatoms. The Hall–Kier alpha value is -8.72. The highest BCUT2D eigenvalue weighted by Gasteiger charge is 2.50. The van der Waals surface area contributed by atoms with Crippen LogP contribution in [0.15, 0.2) is 255 Å². The standard InChI is InChI=1S/C65H42N2/c1-3-16-43(17-4-1)44-30-32-45(33-31-44)52-20-8-12-27-61(52)66(50-18-5-2-6-19-50)51-38-36-47-40-46(34-35-48(47)41-51)49-37-39-54-53-21-7-10-24-57(53)65(60(54)42-49)58-25-11-14-29-63(58)67-62-28-13-9-22-55(62)56-23-15-26-59(65)64(56)67/h1-42H. The van der Waals surface area contributed by atoms with Crippen LogP contribution in [0.5, 0.6) is 0 Å².